The highest BCUT2D eigenvalue weighted by molar-refractivity contribution is 6.39. The molecular formula is C19H22N2O3. The van der Waals surface area contributed by atoms with Gasteiger partial charge in [0, 0.05) is 12.2 Å². The number of hydrogen-bond acceptors (Lipinski definition) is 3. The van der Waals surface area contributed by atoms with E-state index in [2.05, 4.69) is 10.6 Å². The van der Waals surface area contributed by atoms with Crippen LogP contribution >= 0.6 is 0 Å². The second-order valence-corrected chi connectivity index (χ2v) is 6.41. The number of aliphatic hydroxyl groups is 1. The van der Waals surface area contributed by atoms with Crippen LogP contribution in [0.5, 0.6) is 0 Å². The summed E-state index contributed by atoms with van der Waals surface area (Å²) >= 11 is 0. The van der Waals surface area contributed by atoms with Gasteiger partial charge < -0.3 is 15.7 Å². The van der Waals surface area contributed by atoms with E-state index in [-0.39, 0.29) is 12.0 Å². The van der Waals surface area contributed by atoms with Crippen LogP contribution in [0.4, 0.5) is 5.69 Å². The molecule has 0 aliphatic heterocycles. The predicted molar refractivity (Wildman–Crippen MR) is 93.6 cm³/mol. The molecule has 1 fully saturated rings. The molecule has 2 atom stereocenters. The minimum atomic E-state index is -0.665. The van der Waals surface area contributed by atoms with E-state index in [0.717, 1.165) is 30.0 Å². The van der Waals surface area contributed by atoms with E-state index in [0.29, 0.717) is 18.7 Å². The van der Waals surface area contributed by atoms with Gasteiger partial charge in [-0.15, -0.1) is 0 Å². The van der Waals surface area contributed by atoms with Gasteiger partial charge in [0.15, 0.2) is 0 Å². The van der Waals surface area contributed by atoms with Gasteiger partial charge in [0.25, 0.3) is 0 Å². The van der Waals surface area contributed by atoms with Crippen LogP contribution in [0.3, 0.4) is 0 Å². The topological polar surface area (TPSA) is 78.4 Å². The van der Waals surface area contributed by atoms with Crippen molar-refractivity contribution in [3.8, 4) is 0 Å². The zero-order valence-electron chi connectivity index (χ0n) is 13.5. The Labute approximate surface area is 141 Å². The molecule has 0 spiro atoms. The molecule has 1 aliphatic carbocycles. The van der Waals surface area contributed by atoms with Gasteiger partial charge in [-0.1, -0.05) is 36.8 Å². The number of rotatable bonds is 3. The molecule has 2 aromatic carbocycles. The second-order valence-electron chi connectivity index (χ2n) is 6.41. The Balaban J connectivity index is 1.54. The van der Waals surface area contributed by atoms with E-state index in [9.17, 15) is 14.7 Å². The minimum absolute atomic E-state index is 0.242. The van der Waals surface area contributed by atoms with Crippen molar-refractivity contribution in [3.63, 3.8) is 0 Å². The van der Waals surface area contributed by atoms with Crippen molar-refractivity contribution in [2.45, 2.75) is 31.8 Å². The molecule has 2 unspecified atom stereocenters. The highest BCUT2D eigenvalue weighted by Crippen LogP contribution is 2.23. The zero-order chi connectivity index (χ0) is 16.9. The van der Waals surface area contributed by atoms with Crippen molar-refractivity contribution < 1.29 is 14.7 Å². The number of nitrogens with one attached hydrogen (secondary N) is 2. The normalized spacial score (nSPS) is 20.5. The molecule has 5 heteroatoms. The molecule has 0 bridgehead atoms. The fourth-order valence-corrected chi connectivity index (χ4v) is 3.22. The molecule has 24 heavy (non-hydrogen) atoms. The van der Waals surface area contributed by atoms with Gasteiger partial charge >= 0.3 is 11.8 Å². The molecule has 3 rings (SSSR count). The largest absolute Gasteiger partial charge is 0.393 e. The van der Waals surface area contributed by atoms with Crippen molar-refractivity contribution in [2.24, 2.45) is 5.92 Å². The van der Waals surface area contributed by atoms with Gasteiger partial charge in [-0.3, -0.25) is 9.59 Å². The van der Waals surface area contributed by atoms with Crippen LogP contribution in [-0.4, -0.2) is 29.6 Å². The Morgan fingerprint density at radius 1 is 1.04 bits per heavy atom. The molecule has 126 valence electrons. The van der Waals surface area contributed by atoms with E-state index >= 15 is 0 Å². The first-order chi connectivity index (χ1) is 11.6. The first-order valence-electron chi connectivity index (χ1n) is 8.38. The summed E-state index contributed by atoms with van der Waals surface area (Å²) in [5.74, 6) is -1.06. The van der Waals surface area contributed by atoms with Gasteiger partial charge in [-0.25, -0.2) is 0 Å². The summed E-state index contributed by atoms with van der Waals surface area (Å²) in [6.45, 7) is 0.432. The van der Waals surface area contributed by atoms with Crippen LogP contribution in [0.1, 0.15) is 25.7 Å². The smallest absolute Gasteiger partial charge is 0.313 e. The molecule has 0 radical (unpaired) electrons. The van der Waals surface area contributed by atoms with E-state index in [1.54, 1.807) is 6.07 Å². The fourth-order valence-electron chi connectivity index (χ4n) is 3.22. The van der Waals surface area contributed by atoms with Gasteiger partial charge in [0.1, 0.15) is 0 Å². The fraction of sp³-hybridized carbons (Fsp3) is 0.368. The van der Waals surface area contributed by atoms with E-state index in [4.69, 9.17) is 0 Å². The maximum Gasteiger partial charge on any atom is 0.313 e. The van der Waals surface area contributed by atoms with Crippen molar-refractivity contribution in [1.29, 1.82) is 0 Å². The average Bonchev–Trinajstić information content (AvgIpc) is 2.59. The Morgan fingerprint density at radius 2 is 1.83 bits per heavy atom. The minimum Gasteiger partial charge on any atom is -0.393 e. The van der Waals surface area contributed by atoms with Crippen LogP contribution in [0, 0.1) is 5.92 Å². The van der Waals surface area contributed by atoms with Crippen LogP contribution in [0.15, 0.2) is 42.5 Å². The molecule has 0 aromatic heterocycles. The Morgan fingerprint density at radius 3 is 2.62 bits per heavy atom. The Hall–Kier alpha value is -2.40. The van der Waals surface area contributed by atoms with Crippen LogP contribution in [0.25, 0.3) is 10.8 Å². The summed E-state index contributed by atoms with van der Waals surface area (Å²) < 4.78 is 0. The third kappa shape index (κ3) is 4.11. The summed E-state index contributed by atoms with van der Waals surface area (Å²) in [6, 6.07) is 13.4. The lowest BCUT2D eigenvalue weighted by molar-refractivity contribution is -0.136. The van der Waals surface area contributed by atoms with E-state index < -0.39 is 11.8 Å². The Bertz CT molecular complexity index is 744. The second kappa shape index (κ2) is 7.45. The maximum absolute atomic E-state index is 12.0. The summed E-state index contributed by atoms with van der Waals surface area (Å²) in [4.78, 5) is 24.0. The third-order valence-corrected chi connectivity index (χ3v) is 4.52. The molecule has 2 amide bonds. The zero-order valence-corrected chi connectivity index (χ0v) is 13.5. The molecule has 1 aliphatic rings. The van der Waals surface area contributed by atoms with Crippen LogP contribution < -0.4 is 10.6 Å². The van der Waals surface area contributed by atoms with Gasteiger partial charge in [0.2, 0.25) is 0 Å². The number of carbonyl (C=O) groups is 2. The van der Waals surface area contributed by atoms with Crippen molar-refractivity contribution in [3.05, 3.63) is 42.5 Å². The van der Waals surface area contributed by atoms with Gasteiger partial charge in [-0.05, 0) is 48.1 Å². The monoisotopic (exact) mass is 326 g/mol. The first kappa shape index (κ1) is 16.5. The van der Waals surface area contributed by atoms with Gasteiger partial charge in [-0.2, -0.15) is 0 Å². The number of anilines is 1. The average molecular weight is 326 g/mol. The molecule has 2 aromatic rings. The summed E-state index contributed by atoms with van der Waals surface area (Å²) in [7, 11) is 0. The van der Waals surface area contributed by atoms with Crippen molar-refractivity contribution in [1.82, 2.24) is 5.32 Å². The number of carbonyl (C=O) groups excluding carboxylic acids is 2. The summed E-state index contributed by atoms with van der Waals surface area (Å²) in [5, 5.41) is 17.0. The maximum atomic E-state index is 12.0. The summed E-state index contributed by atoms with van der Waals surface area (Å²) in [5.41, 5.74) is 0.599. The lowest BCUT2D eigenvalue weighted by Gasteiger charge is -2.25. The van der Waals surface area contributed by atoms with E-state index in [1.165, 1.54) is 0 Å². The summed E-state index contributed by atoms with van der Waals surface area (Å²) in [6.07, 6.45) is 3.17. The van der Waals surface area contributed by atoms with Crippen molar-refractivity contribution in [2.75, 3.05) is 11.9 Å². The number of benzene rings is 2. The lowest BCUT2D eigenvalue weighted by atomic mass is 9.87. The molecule has 1 saturated carbocycles. The quantitative estimate of drug-likeness (QED) is 0.758. The standard InChI is InChI=1S/C19H22N2O3/c22-17-7-3-4-13(10-17)12-20-18(23)19(24)21-16-9-8-14-5-1-2-6-15(14)11-16/h1-2,5-6,8-9,11,13,17,22H,3-4,7,10,12H2,(H,20,23)(H,21,24). The molecule has 0 heterocycles. The molecule has 3 N–H and O–H groups in total. The lowest BCUT2D eigenvalue weighted by Crippen LogP contribution is -2.39. The van der Waals surface area contributed by atoms with Crippen LogP contribution in [-0.2, 0) is 9.59 Å². The third-order valence-electron chi connectivity index (χ3n) is 4.52. The number of aliphatic hydroxyl groups excluding tert-OH is 1. The van der Waals surface area contributed by atoms with E-state index in [1.807, 2.05) is 36.4 Å². The molecule has 0 saturated heterocycles. The molecular weight excluding hydrogens is 304 g/mol. The SMILES string of the molecule is O=C(NCC1CCCC(O)C1)C(=O)Nc1ccc2ccccc2c1. The number of amides is 2. The van der Waals surface area contributed by atoms with Crippen LogP contribution in [0.2, 0.25) is 0 Å². The predicted octanol–water partition coefficient (Wildman–Crippen LogP) is 2.45. The number of hydrogen-bond donors (Lipinski definition) is 3. The van der Waals surface area contributed by atoms with Crippen molar-refractivity contribution >= 4 is 28.3 Å². The highest BCUT2D eigenvalue weighted by Gasteiger charge is 2.22. The van der Waals surface area contributed by atoms with Gasteiger partial charge in [0.05, 0.1) is 6.10 Å². The molecule has 5 nitrogen and oxygen atoms in total. The Kier molecular flexibility index (Phi) is 5.11. The first-order valence-corrected chi connectivity index (χ1v) is 8.38. The number of fused-ring (bicyclic) bond motifs is 1. The highest BCUT2D eigenvalue weighted by atomic mass is 16.3.